The smallest absolute Gasteiger partial charge is 0.123 e. The van der Waals surface area contributed by atoms with Gasteiger partial charge in [-0.2, -0.15) is 5.26 Å². The van der Waals surface area contributed by atoms with Gasteiger partial charge in [0, 0.05) is 17.3 Å². The largest absolute Gasteiger partial charge is 0.376 e. The van der Waals surface area contributed by atoms with Crippen LogP contribution < -0.4 is 10.6 Å². The molecule has 0 bridgehead atoms. The molecule has 7 nitrogen and oxygen atoms in total. The van der Waals surface area contributed by atoms with E-state index in [9.17, 15) is 11.0 Å². The molecular formula is C33H31ClFN7. The van der Waals surface area contributed by atoms with Crippen LogP contribution in [0.1, 0.15) is 75.5 Å². The Labute approximate surface area is 250 Å². The molecule has 0 amide bonds. The minimum atomic E-state index is -1.62. The zero-order chi connectivity index (χ0) is 30.4. The first-order valence-corrected chi connectivity index (χ1v) is 14.2. The van der Waals surface area contributed by atoms with Crippen molar-refractivity contribution in [2.45, 2.75) is 51.7 Å². The summed E-state index contributed by atoms with van der Waals surface area (Å²) >= 11 is 6.81. The Bertz CT molecular complexity index is 1830. The number of hydrogen-bond donors (Lipinski definition) is 2. The van der Waals surface area contributed by atoms with Gasteiger partial charge in [-0.15, -0.1) is 5.10 Å². The van der Waals surface area contributed by atoms with Crippen molar-refractivity contribution >= 4 is 33.9 Å². The first kappa shape index (κ1) is 26.4. The number of nitrogens with one attached hydrogen (secondary N) is 2. The van der Waals surface area contributed by atoms with Gasteiger partial charge in [0.15, 0.2) is 0 Å². The predicted octanol–water partition coefficient (Wildman–Crippen LogP) is 8.23. The number of anilines is 2. The van der Waals surface area contributed by atoms with Gasteiger partial charge in [-0.25, -0.2) is 9.07 Å². The second kappa shape index (κ2) is 11.1. The van der Waals surface area contributed by atoms with E-state index in [0.29, 0.717) is 44.1 Å². The van der Waals surface area contributed by atoms with Gasteiger partial charge in [-0.05, 0) is 53.6 Å². The van der Waals surface area contributed by atoms with Crippen molar-refractivity contribution in [3.05, 3.63) is 112 Å². The maximum Gasteiger partial charge on any atom is 0.123 e. The van der Waals surface area contributed by atoms with Crippen molar-refractivity contribution in [1.82, 2.24) is 20.0 Å². The van der Waals surface area contributed by atoms with E-state index in [1.54, 1.807) is 29.1 Å². The van der Waals surface area contributed by atoms with Crippen molar-refractivity contribution in [3.8, 4) is 6.07 Å². The standard InChI is InChI=1S/C33H31ClFN7/c1-33(2,3)32(21-7-5-4-6-8-21)39-29-22(17-36)18-37-31-26(29)15-24(16-27(31)34)38-30(20-9-11-23(35)12-10-20)28-19-42(41-40-28)25-13-14-25/h4-12,15-16,18-19,25,30,32,38H,13-14H2,1-3H3,(H,37,39)/t30-,32?/m0/s1/i30D. The van der Waals surface area contributed by atoms with Gasteiger partial charge in [-0.3, -0.25) is 4.98 Å². The molecule has 2 N–H and O–H groups in total. The molecule has 0 spiro atoms. The fourth-order valence-electron chi connectivity index (χ4n) is 5.12. The van der Waals surface area contributed by atoms with E-state index in [2.05, 4.69) is 64.9 Å². The topological polar surface area (TPSA) is 91.5 Å². The van der Waals surface area contributed by atoms with E-state index in [1.807, 2.05) is 24.3 Å². The molecule has 0 aliphatic heterocycles. The molecule has 3 aromatic carbocycles. The fraction of sp³-hybridized carbons (Fsp3) is 0.273. The van der Waals surface area contributed by atoms with Gasteiger partial charge in [-0.1, -0.05) is 80.1 Å². The average molecular weight is 581 g/mol. The number of aromatic nitrogens is 4. The van der Waals surface area contributed by atoms with Crippen LogP contribution in [0, 0.1) is 22.6 Å². The van der Waals surface area contributed by atoms with Crippen LogP contribution in [0.25, 0.3) is 10.9 Å². The van der Waals surface area contributed by atoms with Crippen LogP contribution in [0.4, 0.5) is 15.8 Å². The monoisotopic (exact) mass is 580 g/mol. The lowest BCUT2D eigenvalue weighted by Crippen LogP contribution is -2.26. The van der Waals surface area contributed by atoms with Gasteiger partial charge < -0.3 is 10.6 Å². The summed E-state index contributed by atoms with van der Waals surface area (Å²) in [6, 6.07) is 20.2. The average Bonchev–Trinajstić information content (AvgIpc) is 3.71. The van der Waals surface area contributed by atoms with Gasteiger partial charge in [0.2, 0.25) is 0 Å². The number of nitrogens with zero attached hydrogens (tertiary/aromatic N) is 5. The van der Waals surface area contributed by atoms with Crippen molar-refractivity contribution in [1.29, 1.82) is 5.26 Å². The summed E-state index contributed by atoms with van der Waals surface area (Å²) in [6.45, 7) is 6.41. The highest BCUT2D eigenvalue weighted by Gasteiger charge is 2.29. The third-order valence-electron chi connectivity index (χ3n) is 7.42. The molecule has 212 valence electrons. The maximum absolute atomic E-state index is 13.9. The molecule has 1 aliphatic carbocycles. The first-order chi connectivity index (χ1) is 20.6. The van der Waals surface area contributed by atoms with E-state index in [0.717, 1.165) is 18.4 Å². The summed E-state index contributed by atoms with van der Waals surface area (Å²) < 4.78 is 25.3. The van der Waals surface area contributed by atoms with E-state index < -0.39 is 11.8 Å². The number of hydrogen-bond acceptors (Lipinski definition) is 6. The summed E-state index contributed by atoms with van der Waals surface area (Å²) in [5.74, 6) is -0.404. The Kier molecular flexibility index (Phi) is 6.96. The van der Waals surface area contributed by atoms with Crippen molar-refractivity contribution in [2.75, 3.05) is 10.6 Å². The molecule has 42 heavy (non-hydrogen) atoms. The van der Waals surface area contributed by atoms with Crippen LogP contribution in [-0.4, -0.2) is 20.0 Å². The molecule has 1 saturated carbocycles. The molecule has 5 aromatic rings. The lowest BCUT2D eigenvalue weighted by Gasteiger charge is -2.33. The number of halogens is 2. The Morgan fingerprint density at radius 3 is 2.48 bits per heavy atom. The van der Waals surface area contributed by atoms with Crippen molar-refractivity contribution in [2.24, 2.45) is 5.41 Å². The van der Waals surface area contributed by atoms with Crippen LogP contribution in [-0.2, 0) is 0 Å². The second-order valence-electron chi connectivity index (χ2n) is 11.7. The summed E-state index contributed by atoms with van der Waals surface area (Å²) in [5.41, 5.74) is 3.69. The zero-order valence-electron chi connectivity index (χ0n) is 24.6. The SMILES string of the molecule is [2H][C@](Nc1cc(Cl)c2ncc(C#N)c(NC(c3ccccc3)C(C)(C)C)c2c1)(c1ccc(F)cc1)c1cn(C2CC2)nn1. The van der Waals surface area contributed by atoms with Crippen LogP contribution in [0.5, 0.6) is 0 Å². The van der Waals surface area contributed by atoms with E-state index in [1.165, 1.54) is 18.3 Å². The molecule has 2 heterocycles. The molecule has 0 saturated heterocycles. The minimum Gasteiger partial charge on any atom is -0.376 e. The van der Waals surface area contributed by atoms with Gasteiger partial charge >= 0.3 is 0 Å². The number of pyridine rings is 1. The van der Waals surface area contributed by atoms with Crippen molar-refractivity contribution in [3.63, 3.8) is 0 Å². The quantitative estimate of drug-likeness (QED) is 0.192. The van der Waals surface area contributed by atoms with Crippen LogP contribution >= 0.6 is 11.6 Å². The molecule has 2 atom stereocenters. The van der Waals surface area contributed by atoms with Crippen molar-refractivity contribution < 1.29 is 5.76 Å². The highest BCUT2D eigenvalue weighted by atomic mass is 35.5. The molecule has 1 fully saturated rings. The summed E-state index contributed by atoms with van der Waals surface area (Å²) in [7, 11) is 0. The maximum atomic E-state index is 13.9. The summed E-state index contributed by atoms with van der Waals surface area (Å²) in [5, 5.41) is 26.6. The lowest BCUT2D eigenvalue weighted by molar-refractivity contribution is 0.347. The molecule has 1 unspecified atom stereocenters. The molecule has 1 aliphatic rings. The number of fused-ring (bicyclic) bond motifs is 1. The molecule has 6 rings (SSSR count). The normalized spacial score (nSPS) is 15.9. The van der Waals surface area contributed by atoms with Gasteiger partial charge in [0.25, 0.3) is 0 Å². The lowest BCUT2D eigenvalue weighted by atomic mass is 9.82. The second-order valence-corrected chi connectivity index (χ2v) is 12.1. The van der Waals surface area contributed by atoms with Gasteiger partial charge in [0.1, 0.15) is 17.6 Å². The Hall–Kier alpha value is -4.48. The highest BCUT2D eigenvalue weighted by molar-refractivity contribution is 6.35. The van der Waals surface area contributed by atoms with Gasteiger partial charge in [0.05, 0.1) is 47.5 Å². The Morgan fingerprint density at radius 2 is 1.81 bits per heavy atom. The number of nitriles is 1. The summed E-state index contributed by atoms with van der Waals surface area (Å²) in [4.78, 5) is 4.51. The first-order valence-electron chi connectivity index (χ1n) is 14.4. The Balaban J connectivity index is 1.48. The Morgan fingerprint density at radius 1 is 1.07 bits per heavy atom. The van der Waals surface area contributed by atoms with Crippen LogP contribution in [0.15, 0.2) is 79.1 Å². The predicted molar refractivity (Wildman–Crippen MR) is 164 cm³/mol. The van der Waals surface area contributed by atoms with E-state index >= 15 is 0 Å². The summed E-state index contributed by atoms with van der Waals surface area (Å²) in [6.07, 6.45) is 5.32. The van der Waals surface area contributed by atoms with E-state index in [4.69, 9.17) is 11.6 Å². The molecule has 9 heteroatoms. The molecular weight excluding hydrogens is 549 g/mol. The number of rotatable bonds is 8. The highest BCUT2D eigenvalue weighted by Crippen LogP contribution is 2.41. The zero-order valence-corrected chi connectivity index (χ0v) is 24.3. The number of benzene rings is 3. The minimum absolute atomic E-state index is 0.145. The fourth-order valence-corrected chi connectivity index (χ4v) is 5.38. The van der Waals surface area contributed by atoms with Crippen LogP contribution in [0.2, 0.25) is 5.02 Å². The van der Waals surface area contributed by atoms with E-state index in [-0.39, 0.29) is 17.5 Å². The third-order valence-corrected chi connectivity index (χ3v) is 7.71. The molecule has 2 aromatic heterocycles. The third kappa shape index (κ3) is 5.65. The van der Waals surface area contributed by atoms with Crippen LogP contribution in [0.3, 0.4) is 0 Å². The molecule has 0 radical (unpaired) electrons.